The molecular weight excluding hydrogens is 333 g/mol. The molecular formula is C14H22O4Ru. The first-order valence-electron chi connectivity index (χ1n) is 5.82. The summed E-state index contributed by atoms with van der Waals surface area (Å²) in [5, 5.41) is 0. The second-order valence-electron chi connectivity index (χ2n) is 4.67. The minimum absolute atomic E-state index is 0. The molecule has 19 heavy (non-hydrogen) atoms. The van der Waals surface area contributed by atoms with E-state index < -0.39 is 0 Å². The number of hydrogen-bond donors (Lipinski definition) is 0. The Bertz CT molecular complexity index is 287. The summed E-state index contributed by atoms with van der Waals surface area (Å²) in [6.07, 6.45) is -0.0324. The summed E-state index contributed by atoms with van der Waals surface area (Å²) in [7, 11) is 0. The summed E-state index contributed by atoms with van der Waals surface area (Å²) >= 11 is 0. The fraction of sp³-hybridized carbons (Fsp3) is 0.571. The topological polar surface area (TPSA) is 68.3 Å². The van der Waals surface area contributed by atoms with Crippen LogP contribution in [0.4, 0.5) is 0 Å². The van der Waals surface area contributed by atoms with Crippen molar-refractivity contribution in [3.8, 4) is 0 Å². The second kappa shape index (κ2) is 12.1. The average molecular weight is 355 g/mol. The predicted octanol–water partition coefficient (Wildman–Crippen LogP) is 2.01. The first kappa shape index (κ1) is 23.2. The monoisotopic (exact) mass is 356 g/mol. The number of ketones is 4. The van der Waals surface area contributed by atoms with Crippen molar-refractivity contribution in [3.63, 3.8) is 0 Å². The van der Waals surface area contributed by atoms with Gasteiger partial charge in [-0.2, -0.15) is 0 Å². The van der Waals surface area contributed by atoms with E-state index in [1.807, 2.05) is 0 Å². The minimum atomic E-state index is -0.297. The fourth-order valence-corrected chi connectivity index (χ4v) is 0.797. The van der Waals surface area contributed by atoms with E-state index in [1.54, 1.807) is 27.7 Å². The number of carbonyl (C=O) groups excluding carboxylic acids is 4. The second-order valence-corrected chi connectivity index (χ2v) is 4.67. The van der Waals surface area contributed by atoms with Crippen molar-refractivity contribution < 1.29 is 38.7 Å². The molecule has 5 heteroatoms. The largest absolute Gasteiger partial charge is 2.00 e. The van der Waals surface area contributed by atoms with E-state index >= 15 is 0 Å². The van der Waals surface area contributed by atoms with Gasteiger partial charge in [0.25, 0.3) is 0 Å². The summed E-state index contributed by atoms with van der Waals surface area (Å²) in [5.41, 5.74) is 0. The van der Waals surface area contributed by atoms with Crippen LogP contribution in [-0.4, -0.2) is 23.1 Å². The number of carbonyl (C=O) groups is 4. The summed E-state index contributed by atoms with van der Waals surface area (Å²) in [6, 6.07) is 0. The molecule has 0 saturated heterocycles. The summed E-state index contributed by atoms with van der Waals surface area (Å²) in [6.45, 7) is 13.3. The Labute approximate surface area is 128 Å². The van der Waals surface area contributed by atoms with Crippen molar-refractivity contribution in [1.29, 1.82) is 0 Å². The molecule has 0 N–H and O–H groups in total. The van der Waals surface area contributed by atoms with Crippen LogP contribution < -0.4 is 0 Å². The Kier molecular flexibility index (Phi) is 14.7. The third kappa shape index (κ3) is 17.0. The molecule has 0 spiro atoms. The molecule has 0 rings (SSSR count). The van der Waals surface area contributed by atoms with Gasteiger partial charge in [-0.15, -0.1) is 0 Å². The van der Waals surface area contributed by atoms with Gasteiger partial charge in [0.2, 0.25) is 0 Å². The molecule has 0 heterocycles. The van der Waals surface area contributed by atoms with Crippen LogP contribution in [0.1, 0.15) is 40.5 Å². The van der Waals surface area contributed by atoms with Gasteiger partial charge in [0, 0.05) is 36.2 Å². The van der Waals surface area contributed by atoms with Crippen LogP contribution >= 0.6 is 0 Å². The van der Waals surface area contributed by atoms with Crippen molar-refractivity contribution in [2.24, 2.45) is 11.8 Å². The first-order chi connectivity index (χ1) is 8.07. The van der Waals surface area contributed by atoms with Crippen molar-refractivity contribution in [2.75, 3.05) is 0 Å². The molecule has 110 valence electrons. The summed E-state index contributed by atoms with van der Waals surface area (Å²) < 4.78 is 0. The Balaban J connectivity index is -0.000000256. The Morgan fingerprint density at radius 2 is 0.947 bits per heavy atom. The third-order valence-electron chi connectivity index (χ3n) is 2.03. The van der Waals surface area contributed by atoms with Crippen molar-refractivity contribution in [1.82, 2.24) is 0 Å². The molecule has 0 aromatic carbocycles. The van der Waals surface area contributed by atoms with Crippen LogP contribution in [0.15, 0.2) is 0 Å². The van der Waals surface area contributed by atoms with E-state index in [2.05, 4.69) is 13.8 Å². The molecule has 0 aliphatic carbocycles. The van der Waals surface area contributed by atoms with Crippen LogP contribution in [0, 0.1) is 25.7 Å². The van der Waals surface area contributed by atoms with Crippen LogP contribution in [-0.2, 0) is 38.7 Å². The molecule has 0 aromatic rings. The van der Waals surface area contributed by atoms with Crippen LogP contribution in [0.5, 0.6) is 0 Å². The van der Waals surface area contributed by atoms with Crippen molar-refractivity contribution in [2.45, 2.75) is 40.5 Å². The molecule has 0 aliphatic rings. The smallest absolute Gasteiger partial charge is 0.339 e. The van der Waals surface area contributed by atoms with E-state index in [9.17, 15) is 19.2 Å². The molecule has 0 atom stereocenters. The maximum Gasteiger partial charge on any atom is 2.00 e. The van der Waals surface area contributed by atoms with Gasteiger partial charge in [-0.1, -0.05) is 27.7 Å². The zero-order chi connectivity index (χ0) is 14.9. The van der Waals surface area contributed by atoms with E-state index in [0.717, 1.165) is 0 Å². The molecule has 0 radical (unpaired) electrons. The molecule has 0 unspecified atom stereocenters. The van der Waals surface area contributed by atoms with E-state index in [1.165, 1.54) is 0 Å². The van der Waals surface area contributed by atoms with Crippen molar-refractivity contribution in [3.05, 3.63) is 13.8 Å². The zero-order valence-corrected chi connectivity index (χ0v) is 13.7. The molecule has 0 aromatic heterocycles. The normalized spacial score (nSPS) is 9.16. The average Bonchev–Trinajstić information content (AvgIpc) is 2.16. The minimum Gasteiger partial charge on any atom is -0.339 e. The van der Waals surface area contributed by atoms with E-state index in [4.69, 9.17) is 0 Å². The van der Waals surface area contributed by atoms with Gasteiger partial charge in [-0.25, -0.2) is 0 Å². The van der Waals surface area contributed by atoms with Crippen molar-refractivity contribution >= 4 is 23.1 Å². The third-order valence-corrected chi connectivity index (χ3v) is 2.03. The fourth-order valence-electron chi connectivity index (χ4n) is 0.797. The van der Waals surface area contributed by atoms with Gasteiger partial charge in [0.1, 0.15) is 11.6 Å². The number of Topliss-reactive ketones (excluding diaryl/α,β-unsaturated/α-hetero) is 4. The van der Waals surface area contributed by atoms with Crippen LogP contribution in [0.3, 0.4) is 0 Å². The Morgan fingerprint density at radius 1 is 0.737 bits per heavy atom. The van der Waals surface area contributed by atoms with Gasteiger partial charge in [0.15, 0.2) is 0 Å². The Morgan fingerprint density at radius 3 is 1.00 bits per heavy atom. The molecule has 0 amide bonds. The summed E-state index contributed by atoms with van der Waals surface area (Å²) in [4.78, 5) is 41.8. The zero-order valence-electron chi connectivity index (χ0n) is 12.0. The summed E-state index contributed by atoms with van der Waals surface area (Å²) in [5.74, 6) is -0.751. The quantitative estimate of drug-likeness (QED) is 0.415. The van der Waals surface area contributed by atoms with Gasteiger partial charge in [0.05, 0.1) is 0 Å². The number of rotatable bonds is 6. The first-order valence-corrected chi connectivity index (χ1v) is 5.82. The van der Waals surface area contributed by atoms with Gasteiger partial charge >= 0.3 is 19.5 Å². The van der Waals surface area contributed by atoms with Crippen LogP contribution in [0.2, 0.25) is 0 Å². The van der Waals surface area contributed by atoms with E-state index in [0.29, 0.717) is 0 Å². The molecule has 0 saturated carbocycles. The van der Waals surface area contributed by atoms with Gasteiger partial charge in [-0.3, -0.25) is 9.59 Å². The van der Waals surface area contributed by atoms with Gasteiger partial charge < -0.3 is 23.4 Å². The maximum absolute atomic E-state index is 10.7. The SMILES string of the molecule is [CH2-]C(=O)CC(=O)C(C)C.[CH2-]C(=O)CC(=O)C(C)C.[Ru+2]. The number of hydrogen-bond acceptors (Lipinski definition) is 4. The maximum atomic E-state index is 10.7. The molecule has 0 fully saturated rings. The van der Waals surface area contributed by atoms with Crippen LogP contribution in [0.25, 0.3) is 0 Å². The van der Waals surface area contributed by atoms with Gasteiger partial charge in [-0.05, 0) is 0 Å². The standard InChI is InChI=1S/2C7H11O2.Ru/c2*1-5(2)7(9)4-6(3)8;/h2*5H,3-4H2,1-2H3;/q2*-1;+2. The molecule has 4 nitrogen and oxygen atoms in total. The predicted molar refractivity (Wildman–Crippen MR) is 69.7 cm³/mol. The molecule has 0 bridgehead atoms. The molecule has 0 aliphatic heterocycles. The van der Waals surface area contributed by atoms with E-state index in [-0.39, 0.29) is 67.3 Å². The Hall–Kier alpha value is -0.957.